The highest BCUT2D eigenvalue weighted by atomic mass is 16.5. The number of amides is 2. The third kappa shape index (κ3) is 2.65. The Morgan fingerprint density at radius 3 is 2.09 bits per heavy atom. The summed E-state index contributed by atoms with van der Waals surface area (Å²) < 4.78 is 5.60. The van der Waals surface area contributed by atoms with Crippen molar-refractivity contribution in [2.75, 3.05) is 13.2 Å². The van der Waals surface area contributed by atoms with E-state index in [2.05, 4.69) is 13.8 Å². The number of allylic oxidation sites excluding steroid dienone is 2. The molecule has 22 heavy (non-hydrogen) atoms. The van der Waals surface area contributed by atoms with Gasteiger partial charge in [0.15, 0.2) is 0 Å². The van der Waals surface area contributed by atoms with E-state index in [1.165, 1.54) is 16.0 Å². The summed E-state index contributed by atoms with van der Waals surface area (Å²) in [4.78, 5) is 26.3. The number of para-hydroxylation sites is 1. The molecule has 2 amide bonds. The third-order valence-corrected chi connectivity index (χ3v) is 4.76. The molecule has 1 saturated heterocycles. The van der Waals surface area contributed by atoms with Crippen molar-refractivity contribution < 1.29 is 14.3 Å². The van der Waals surface area contributed by atoms with Crippen molar-refractivity contribution in [1.82, 2.24) is 4.90 Å². The highest BCUT2D eigenvalue weighted by molar-refractivity contribution is 6.05. The van der Waals surface area contributed by atoms with Crippen LogP contribution in [-0.4, -0.2) is 29.9 Å². The Morgan fingerprint density at radius 1 is 1.00 bits per heavy atom. The zero-order valence-electron chi connectivity index (χ0n) is 13.0. The molecule has 0 saturated carbocycles. The van der Waals surface area contributed by atoms with Crippen molar-refractivity contribution in [3.63, 3.8) is 0 Å². The van der Waals surface area contributed by atoms with E-state index in [4.69, 9.17) is 4.74 Å². The Labute approximate surface area is 130 Å². The van der Waals surface area contributed by atoms with Crippen molar-refractivity contribution in [3.8, 4) is 5.75 Å². The number of fused-ring (bicyclic) bond motifs is 1. The fourth-order valence-corrected chi connectivity index (χ4v) is 3.31. The second kappa shape index (κ2) is 5.95. The summed E-state index contributed by atoms with van der Waals surface area (Å²) in [7, 11) is 0. The first-order valence-corrected chi connectivity index (χ1v) is 7.76. The molecule has 1 aromatic carbocycles. The van der Waals surface area contributed by atoms with E-state index in [9.17, 15) is 9.59 Å². The van der Waals surface area contributed by atoms with Gasteiger partial charge in [0, 0.05) is 0 Å². The topological polar surface area (TPSA) is 46.6 Å². The third-order valence-electron chi connectivity index (χ3n) is 4.76. The number of carbonyl (C=O) groups excluding carboxylic acids is 2. The Balaban J connectivity index is 1.62. The maximum absolute atomic E-state index is 12.5. The molecule has 1 aromatic rings. The molecule has 4 heteroatoms. The molecule has 1 aliphatic heterocycles. The van der Waals surface area contributed by atoms with Crippen LogP contribution in [0.2, 0.25) is 0 Å². The van der Waals surface area contributed by atoms with Crippen LogP contribution in [0.4, 0.5) is 0 Å². The molecule has 0 radical (unpaired) electrons. The lowest BCUT2D eigenvalue weighted by atomic mass is 9.78. The number of ether oxygens (including phenoxy) is 1. The van der Waals surface area contributed by atoms with Crippen LogP contribution in [0.5, 0.6) is 5.75 Å². The van der Waals surface area contributed by atoms with Crippen molar-refractivity contribution >= 4 is 11.8 Å². The lowest BCUT2D eigenvalue weighted by Crippen LogP contribution is -2.34. The van der Waals surface area contributed by atoms with Crippen molar-refractivity contribution in [3.05, 3.63) is 41.5 Å². The summed E-state index contributed by atoms with van der Waals surface area (Å²) >= 11 is 0. The molecule has 1 fully saturated rings. The van der Waals surface area contributed by atoms with Crippen molar-refractivity contribution in [2.24, 2.45) is 11.8 Å². The van der Waals surface area contributed by atoms with Crippen LogP contribution in [0.3, 0.4) is 0 Å². The van der Waals surface area contributed by atoms with E-state index in [-0.39, 0.29) is 23.7 Å². The van der Waals surface area contributed by atoms with Gasteiger partial charge in [0.1, 0.15) is 12.4 Å². The average molecular weight is 299 g/mol. The minimum absolute atomic E-state index is 0.0292. The Morgan fingerprint density at radius 2 is 1.55 bits per heavy atom. The fourth-order valence-electron chi connectivity index (χ4n) is 3.31. The number of benzene rings is 1. The number of hydrogen-bond donors (Lipinski definition) is 0. The van der Waals surface area contributed by atoms with Crippen LogP contribution in [0.15, 0.2) is 41.5 Å². The van der Waals surface area contributed by atoms with Gasteiger partial charge in [-0.1, -0.05) is 29.3 Å². The highest BCUT2D eigenvalue weighted by Gasteiger charge is 2.48. The van der Waals surface area contributed by atoms with Gasteiger partial charge >= 0.3 is 0 Å². The van der Waals surface area contributed by atoms with Gasteiger partial charge in [-0.15, -0.1) is 0 Å². The van der Waals surface area contributed by atoms with Gasteiger partial charge in [-0.05, 0) is 38.8 Å². The molecule has 4 nitrogen and oxygen atoms in total. The highest BCUT2D eigenvalue weighted by Crippen LogP contribution is 2.40. The molecule has 1 aliphatic carbocycles. The Bertz CT molecular complexity index is 588. The van der Waals surface area contributed by atoms with Gasteiger partial charge < -0.3 is 4.74 Å². The SMILES string of the molecule is CC1=C(C)CC2C(=O)N(CCOc3ccccc3)C(=O)C2C1. The van der Waals surface area contributed by atoms with E-state index in [0.29, 0.717) is 13.2 Å². The molecule has 1 heterocycles. The summed E-state index contributed by atoms with van der Waals surface area (Å²) in [6.45, 7) is 4.79. The monoisotopic (exact) mass is 299 g/mol. The molecule has 2 aliphatic rings. The second-order valence-corrected chi connectivity index (χ2v) is 6.17. The number of likely N-dealkylation sites (tertiary alicyclic amines) is 1. The number of carbonyl (C=O) groups is 2. The molecule has 116 valence electrons. The Hall–Kier alpha value is -2.10. The van der Waals surface area contributed by atoms with Gasteiger partial charge in [0.05, 0.1) is 18.4 Å². The zero-order valence-corrected chi connectivity index (χ0v) is 13.0. The predicted molar refractivity (Wildman–Crippen MR) is 83.2 cm³/mol. The van der Waals surface area contributed by atoms with Gasteiger partial charge in [0.25, 0.3) is 0 Å². The minimum Gasteiger partial charge on any atom is -0.492 e. The van der Waals surface area contributed by atoms with Crippen LogP contribution in [0, 0.1) is 11.8 Å². The lowest BCUT2D eigenvalue weighted by Gasteiger charge is -2.23. The van der Waals surface area contributed by atoms with E-state index in [1.807, 2.05) is 30.3 Å². The van der Waals surface area contributed by atoms with Gasteiger partial charge in [-0.2, -0.15) is 0 Å². The molecule has 0 aromatic heterocycles. The van der Waals surface area contributed by atoms with Crippen LogP contribution >= 0.6 is 0 Å². The van der Waals surface area contributed by atoms with Crippen LogP contribution in [0.25, 0.3) is 0 Å². The fraction of sp³-hybridized carbons (Fsp3) is 0.444. The summed E-state index contributed by atoms with van der Waals surface area (Å²) in [5, 5.41) is 0. The lowest BCUT2D eigenvalue weighted by molar-refractivity contribution is -0.140. The number of rotatable bonds is 4. The molecule has 0 bridgehead atoms. The summed E-state index contributed by atoms with van der Waals surface area (Å²) in [5.41, 5.74) is 2.51. The van der Waals surface area contributed by atoms with Gasteiger partial charge in [-0.25, -0.2) is 0 Å². The first-order chi connectivity index (χ1) is 10.6. The minimum atomic E-state index is -0.159. The molecular formula is C18H21NO3. The zero-order chi connectivity index (χ0) is 15.7. The summed E-state index contributed by atoms with van der Waals surface area (Å²) in [5.74, 6) is 0.380. The number of nitrogens with zero attached hydrogens (tertiary/aromatic N) is 1. The summed E-state index contributed by atoms with van der Waals surface area (Å²) in [6.07, 6.45) is 1.44. The maximum atomic E-state index is 12.5. The van der Waals surface area contributed by atoms with Gasteiger partial charge in [-0.3, -0.25) is 14.5 Å². The number of hydrogen-bond acceptors (Lipinski definition) is 3. The predicted octanol–water partition coefficient (Wildman–Crippen LogP) is 2.80. The molecule has 2 atom stereocenters. The first kappa shape index (κ1) is 14.8. The van der Waals surface area contributed by atoms with Crippen molar-refractivity contribution in [1.29, 1.82) is 0 Å². The van der Waals surface area contributed by atoms with E-state index in [1.54, 1.807) is 0 Å². The average Bonchev–Trinajstić information content (AvgIpc) is 2.74. The van der Waals surface area contributed by atoms with E-state index >= 15 is 0 Å². The Kier molecular flexibility index (Phi) is 4.01. The second-order valence-electron chi connectivity index (χ2n) is 6.17. The maximum Gasteiger partial charge on any atom is 0.233 e. The molecule has 0 N–H and O–H groups in total. The van der Waals surface area contributed by atoms with Crippen LogP contribution in [0.1, 0.15) is 26.7 Å². The molecule has 2 unspecified atom stereocenters. The molecule has 0 spiro atoms. The van der Waals surface area contributed by atoms with Crippen LogP contribution in [-0.2, 0) is 9.59 Å². The standard InChI is InChI=1S/C18H21NO3/c1-12-10-15-16(11-13(12)2)18(21)19(17(15)20)8-9-22-14-6-4-3-5-7-14/h3-7,15-16H,8-11H2,1-2H3. The normalized spacial score (nSPS) is 24.7. The van der Waals surface area contributed by atoms with Crippen molar-refractivity contribution in [2.45, 2.75) is 26.7 Å². The first-order valence-electron chi connectivity index (χ1n) is 7.76. The summed E-state index contributed by atoms with van der Waals surface area (Å²) in [6, 6.07) is 9.44. The quantitative estimate of drug-likeness (QED) is 0.634. The van der Waals surface area contributed by atoms with Crippen LogP contribution < -0.4 is 4.74 Å². The molecular weight excluding hydrogens is 278 g/mol. The smallest absolute Gasteiger partial charge is 0.233 e. The molecule has 3 rings (SSSR count). The van der Waals surface area contributed by atoms with E-state index in [0.717, 1.165) is 18.6 Å². The van der Waals surface area contributed by atoms with Gasteiger partial charge in [0.2, 0.25) is 11.8 Å². The largest absolute Gasteiger partial charge is 0.492 e. The van der Waals surface area contributed by atoms with E-state index < -0.39 is 0 Å². The number of imide groups is 1.